The molecule has 6 nitrogen and oxygen atoms in total. The van der Waals surface area contributed by atoms with Gasteiger partial charge in [-0.05, 0) is 75.9 Å². The van der Waals surface area contributed by atoms with Crippen LogP contribution in [0.25, 0.3) is 0 Å². The number of amides is 2. The third kappa shape index (κ3) is 4.74. The number of nitrogens with zero attached hydrogens (tertiary/aromatic N) is 2. The number of methoxy groups -OCH3 is 1. The van der Waals surface area contributed by atoms with Crippen molar-refractivity contribution in [1.82, 2.24) is 9.80 Å². The summed E-state index contributed by atoms with van der Waals surface area (Å²) in [5, 5.41) is 3.04. The number of hydrogen-bond acceptors (Lipinski definition) is 4. The highest BCUT2D eigenvalue weighted by molar-refractivity contribution is 5.92. The van der Waals surface area contributed by atoms with Gasteiger partial charge in [0.25, 0.3) is 0 Å². The van der Waals surface area contributed by atoms with E-state index < -0.39 is 0 Å². The first-order valence-electron chi connectivity index (χ1n) is 11.1. The minimum absolute atomic E-state index is 0.0774. The van der Waals surface area contributed by atoms with Crippen molar-refractivity contribution in [3.63, 3.8) is 0 Å². The van der Waals surface area contributed by atoms with Crippen LogP contribution < -0.4 is 10.1 Å². The van der Waals surface area contributed by atoms with Crippen LogP contribution in [0.15, 0.2) is 24.3 Å². The van der Waals surface area contributed by atoms with Gasteiger partial charge >= 0.3 is 0 Å². The van der Waals surface area contributed by atoms with E-state index in [9.17, 15) is 9.59 Å². The second kappa shape index (κ2) is 9.16. The number of benzene rings is 1. The summed E-state index contributed by atoms with van der Waals surface area (Å²) in [6.07, 6.45) is 7.35. The molecule has 0 bridgehead atoms. The monoisotopic (exact) mass is 399 g/mol. The molecule has 2 aliphatic heterocycles. The van der Waals surface area contributed by atoms with E-state index in [0.717, 1.165) is 76.1 Å². The predicted octanol–water partition coefficient (Wildman–Crippen LogP) is 3.14. The average Bonchev–Trinajstić information content (AvgIpc) is 2.73. The molecule has 1 aliphatic carbocycles. The molecule has 29 heavy (non-hydrogen) atoms. The quantitative estimate of drug-likeness (QED) is 0.826. The standard InChI is InChI=1S/C23H33N3O3/c1-29-21-7-5-19(6-8-21)24-22(27)17-9-13-25(14-10-17)20-11-15-26(16-12-20)23(28)18-3-2-4-18/h5-8,17-18,20H,2-4,9-16H2,1H3,(H,24,27). The van der Waals surface area contributed by atoms with Crippen molar-refractivity contribution in [3.05, 3.63) is 24.3 Å². The lowest BCUT2D eigenvalue weighted by molar-refractivity contribution is -0.140. The minimum Gasteiger partial charge on any atom is -0.497 e. The first kappa shape index (κ1) is 20.2. The molecule has 2 saturated heterocycles. The first-order chi connectivity index (χ1) is 14.1. The molecule has 158 valence electrons. The van der Waals surface area contributed by atoms with Crippen molar-refractivity contribution in [2.75, 3.05) is 38.6 Å². The van der Waals surface area contributed by atoms with Crippen molar-refractivity contribution in [1.29, 1.82) is 0 Å². The lowest BCUT2D eigenvalue weighted by Crippen LogP contribution is -2.51. The van der Waals surface area contributed by atoms with Crippen molar-refractivity contribution in [2.24, 2.45) is 11.8 Å². The number of carbonyl (C=O) groups excluding carboxylic acids is 2. The van der Waals surface area contributed by atoms with E-state index in [1.165, 1.54) is 6.42 Å². The summed E-state index contributed by atoms with van der Waals surface area (Å²) in [5.74, 6) is 1.69. The van der Waals surface area contributed by atoms with Gasteiger partial charge in [-0.15, -0.1) is 0 Å². The fourth-order valence-corrected chi connectivity index (χ4v) is 4.81. The molecule has 0 spiro atoms. The SMILES string of the molecule is COc1ccc(NC(=O)C2CCN(C3CCN(C(=O)C4CCC4)CC3)CC2)cc1. The zero-order valence-corrected chi connectivity index (χ0v) is 17.4. The Morgan fingerprint density at radius 1 is 0.897 bits per heavy atom. The second-order valence-corrected chi connectivity index (χ2v) is 8.71. The van der Waals surface area contributed by atoms with Gasteiger partial charge in [0.05, 0.1) is 7.11 Å². The molecule has 0 unspecified atom stereocenters. The van der Waals surface area contributed by atoms with Crippen LogP contribution in [0.3, 0.4) is 0 Å². The van der Waals surface area contributed by atoms with E-state index >= 15 is 0 Å². The third-order valence-corrected chi connectivity index (χ3v) is 7.00. The second-order valence-electron chi connectivity index (χ2n) is 8.71. The molecule has 0 aromatic heterocycles. The van der Waals surface area contributed by atoms with Crippen LogP contribution in [-0.4, -0.2) is 60.9 Å². The molecule has 1 aromatic carbocycles. The summed E-state index contributed by atoms with van der Waals surface area (Å²) in [6.45, 7) is 3.75. The normalized spacial score (nSPS) is 22.2. The Balaban J connectivity index is 1.20. The molecule has 6 heteroatoms. The Hall–Kier alpha value is -2.08. The van der Waals surface area contributed by atoms with E-state index in [4.69, 9.17) is 4.74 Å². The topological polar surface area (TPSA) is 61.9 Å². The van der Waals surface area contributed by atoms with Gasteiger partial charge in [-0.3, -0.25) is 9.59 Å². The van der Waals surface area contributed by atoms with Crippen LogP contribution in [-0.2, 0) is 9.59 Å². The molecule has 2 amide bonds. The Labute approximate surface area is 173 Å². The smallest absolute Gasteiger partial charge is 0.227 e. The molecular weight excluding hydrogens is 366 g/mol. The van der Waals surface area contributed by atoms with Crippen LogP contribution in [0, 0.1) is 11.8 Å². The molecule has 2 heterocycles. The van der Waals surface area contributed by atoms with Crippen LogP contribution in [0.4, 0.5) is 5.69 Å². The van der Waals surface area contributed by atoms with Gasteiger partial charge in [0.2, 0.25) is 11.8 Å². The van der Waals surface area contributed by atoms with Crippen molar-refractivity contribution >= 4 is 17.5 Å². The summed E-state index contributed by atoms with van der Waals surface area (Å²) in [4.78, 5) is 29.7. The molecule has 3 aliphatic rings. The van der Waals surface area contributed by atoms with E-state index in [1.807, 2.05) is 24.3 Å². The van der Waals surface area contributed by atoms with E-state index in [-0.39, 0.29) is 11.8 Å². The third-order valence-electron chi connectivity index (χ3n) is 7.00. The van der Waals surface area contributed by atoms with Gasteiger partial charge < -0.3 is 19.9 Å². The number of hydrogen-bond donors (Lipinski definition) is 1. The van der Waals surface area contributed by atoms with Crippen molar-refractivity contribution in [2.45, 2.75) is 51.0 Å². The summed E-state index contributed by atoms with van der Waals surface area (Å²) in [6, 6.07) is 8.04. The summed E-state index contributed by atoms with van der Waals surface area (Å²) < 4.78 is 5.16. The maximum Gasteiger partial charge on any atom is 0.227 e. The minimum atomic E-state index is 0.0774. The molecule has 3 fully saturated rings. The molecule has 4 rings (SSSR count). The molecule has 1 saturated carbocycles. The Morgan fingerprint density at radius 3 is 2.10 bits per heavy atom. The molecule has 1 N–H and O–H groups in total. The van der Waals surface area contributed by atoms with Crippen LogP contribution in [0.1, 0.15) is 44.9 Å². The molecule has 1 aromatic rings. The number of piperidine rings is 2. The van der Waals surface area contributed by atoms with Crippen molar-refractivity contribution < 1.29 is 14.3 Å². The van der Waals surface area contributed by atoms with Gasteiger partial charge in [-0.25, -0.2) is 0 Å². The average molecular weight is 400 g/mol. The van der Waals surface area contributed by atoms with Crippen LogP contribution >= 0.6 is 0 Å². The van der Waals surface area contributed by atoms with E-state index in [2.05, 4.69) is 15.1 Å². The lowest BCUT2D eigenvalue weighted by Gasteiger charge is -2.42. The number of rotatable bonds is 5. The maximum atomic E-state index is 12.6. The Kier molecular flexibility index (Phi) is 6.38. The van der Waals surface area contributed by atoms with Crippen LogP contribution in [0.2, 0.25) is 0 Å². The highest BCUT2D eigenvalue weighted by atomic mass is 16.5. The van der Waals surface area contributed by atoms with E-state index in [0.29, 0.717) is 17.9 Å². The highest BCUT2D eigenvalue weighted by Crippen LogP contribution is 2.30. The summed E-state index contributed by atoms with van der Waals surface area (Å²) >= 11 is 0. The van der Waals surface area contributed by atoms with Gasteiger partial charge in [0.15, 0.2) is 0 Å². The predicted molar refractivity (Wildman–Crippen MR) is 113 cm³/mol. The fourth-order valence-electron chi connectivity index (χ4n) is 4.81. The first-order valence-corrected chi connectivity index (χ1v) is 11.1. The van der Waals surface area contributed by atoms with Gasteiger partial charge in [-0.2, -0.15) is 0 Å². The van der Waals surface area contributed by atoms with Gasteiger partial charge in [0.1, 0.15) is 5.75 Å². The van der Waals surface area contributed by atoms with E-state index in [1.54, 1.807) is 7.11 Å². The number of likely N-dealkylation sites (tertiary alicyclic amines) is 2. The number of ether oxygens (including phenoxy) is 1. The Morgan fingerprint density at radius 2 is 1.55 bits per heavy atom. The fraction of sp³-hybridized carbons (Fsp3) is 0.652. The Bertz CT molecular complexity index is 701. The molecular formula is C23H33N3O3. The van der Waals surface area contributed by atoms with Gasteiger partial charge in [-0.1, -0.05) is 6.42 Å². The molecule has 0 atom stereocenters. The maximum absolute atomic E-state index is 12.6. The van der Waals surface area contributed by atoms with Crippen molar-refractivity contribution in [3.8, 4) is 5.75 Å². The van der Waals surface area contributed by atoms with Gasteiger partial charge in [0, 0.05) is 36.7 Å². The van der Waals surface area contributed by atoms with Crippen LogP contribution in [0.5, 0.6) is 5.75 Å². The lowest BCUT2D eigenvalue weighted by atomic mass is 9.84. The molecule has 0 radical (unpaired) electrons. The summed E-state index contributed by atoms with van der Waals surface area (Å²) in [5.41, 5.74) is 0.821. The largest absolute Gasteiger partial charge is 0.497 e. The zero-order valence-electron chi connectivity index (χ0n) is 17.4. The zero-order chi connectivity index (χ0) is 20.2. The number of anilines is 1. The summed E-state index contributed by atoms with van der Waals surface area (Å²) in [7, 11) is 1.64. The number of carbonyl (C=O) groups is 2. The highest BCUT2D eigenvalue weighted by Gasteiger charge is 2.34. The number of nitrogens with one attached hydrogen (secondary N) is 1.